The van der Waals surface area contributed by atoms with E-state index in [4.69, 9.17) is 10.5 Å². The highest BCUT2D eigenvalue weighted by Crippen LogP contribution is 2.15. The fourth-order valence-electron chi connectivity index (χ4n) is 1.70. The highest BCUT2D eigenvalue weighted by molar-refractivity contribution is 5.81. The standard InChI is InChI=1S/C12H23N3O3/c1-8(13)10(16)14-9-5-6-15(7-9)11(17)18-12(2,3)4/h8-9H,5-7,13H2,1-4H3,(H,14,16)/t8?,9-/m0/s1. The van der Waals surface area contributed by atoms with Gasteiger partial charge in [0.15, 0.2) is 0 Å². The maximum absolute atomic E-state index is 11.8. The van der Waals surface area contributed by atoms with Gasteiger partial charge in [-0.3, -0.25) is 4.79 Å². The molecule has 1 saturated heterocycles. The lowest BCUT2D eigenvalue weighted by molar-refractivity contribution is -0.122. The summed E-state index contributed by atoms with van der Waals surface area (Å²) in [5, 5.41) is 2.81. The largest absolute Gasteiger partial charge is 0.444 e. The van der Waals surface area contributed by atoms with Crippen LogP contribution in [0.4, 0.5) is 4.79 Å². The first-order chi connectivity index (χ1) is 8.19. The van der Waals surface area contributed by atoms with E-state index in [1.54, 1.807) is 11.8 Å². The second-order valence-corrected chi connectivity index (χ2v) is 5.71. The first kappa shape index (κ1) is 14.8. The van der Waals surface area contributed by atoms with Gasteiger partial charge >= 0.3 is 6.09 Å². The molecule has 0 spiro atoms. The van der Waals surface area contributed by atoms with Crippen LogP contribution < -0.4 is 11.1 Å². The van der Waals surface area contributed by atoms with Crippen molar-refractivity contribution in [3.63, 3.8) is 0 Å². The first-order valence-corrected chi connectivity index (χ1v) is 6.23. The Morgan fingerprint density at radius 2 is 2.06 bits per heavy atom. The van der Waals surface area contributed by atoms with Crippen LogP contribution in [0.15, 0.2) is 0 Å². The van der Waals surface area contributed by atoms with E-state index in [2.05, 4.69) is 5.32 Å². The average Bonchev–Trinajstić information content (AvgIpc) is 2.63. The van der Waals surface area contributed by atoms with Gasteiger partial charge in [0, 0.05) is 19.1 Å². The van der Waals surface area contributed by atoms with Crippen molar-refractivity contribution in [2.45, 2.75) is 51.8 Å². The molecule has 1 heterocycles. The van der Waals surface area contributed by atoms with E-state index >= 15 is 0 Å². The van der Waals surface area contributed by atoms with Gasteiger partial charge in [-0.05, 0) is 34.1 Å². The number of nitrogens with two attached hydrogens (primary N) is 1. The Kier molecular flexibility index (Phi) is 4.56. The SMILES string of the molecule is CC(N)C(=O)N[C@H]1CCN(C(=O)OC(C)(C)C)C1. The van der Waals surface area contributed by atoms with Gasteiger partial charge in [0.05, 0.1) is 6.04 Å². The molecule has 6 heteroatoms. The van der Waals surface area contributed by atoms with E-state index in [1.807, 2.05) is 20.8 Å². The number of amides is 2. The number of hydrogen-bond acceptors (Lipinski definition) is 4. The van der Waals surface area contributed by atoms with Gasteiger partial charge in [0.1, 0.15) is 5.60 Å². The Labute approximate surface area is 108 Å². The topological polar surface area (TPSA) is 84.7 Å². The Morgan fingerprint density at radius 3 is 2.56 bits per heavy atom. The van der Waals surface area contributed by atoms with Gasteiger partial charge in [-0.1, -0.05) is 0 Å². The molecule has 0 saturated carbocycles. The Morgan fingerprint density at radius 1 is 1.44 bits per heavy atom. The van der Waals surface area contributed by atoms with Gasteiger partial charge in [0.2, 0.25) is 5.91 Å². The molecule has 0 aromatic carbocycles. The van der Waals surface area contributed by atoms with E-state index in [0.29, 0.717) is 13.1 Å². The van der Waals surface area contributed by atoms with E-state index in [1.165, 1.54) is 0 Å². The van der Waals surface area contributed by atoms with Gasteiger partial charge < -0.3 is 20.7 Å². The summed E-state index contributed by atoms with van der Waals surface area (Å²) < 4.78 is 5.27. The zero-order valence-corrected chi connectivity index (χ0v) is 11.5. The van der Waals surface area contributed by atoms with Crippen LogP contribution in [0.1, 0.15) is 34.1 Å². The Balaban J connectivity index is 2.42. The number of rotatable bonds is 2. The van der Waals surface area contributed by atoms with Crippen molar-refractivity contribution < 1.29 is 14.3 Å². The minimum absolute atomic E-state index is 0.0315. The maximum atomic E-state index is 11.8. The highest BCUT2D eigenvalue weighted by atomic mass is 16.6. The van der Waals surface area contributed by atoms with Crippen LogP contribution in [0.2, 0.25) is 0 Å². The monoisotopic (exact) mass is 257 g/mol. The zero-order chi connectivity index (χ0) is 13.9. The van der Waals surface area contributed by atoms with E-state index in [-0.39, 0.29) is 18.0 Å². The van der Waals surface area contributed by atoms with Gasteiger partial charge in [0.25, 0.3) is 0 Å². The predicted molar refractivity (Wildman–Crippen MR) is 68.0 cm³/mol. The van der Waals surface area contributed by atoms with Crippen LogP contribution in [0.5, 0.6) is 0 Å². The van der Waals surface area contributed by atoms with Crippen LogP contribution in [-0.4, -0.2) is 47.7 Å². The molecule has 1 unspecified atom stereocenters. The van der Waals surface area contributed by atoms with Crippen molar-refractivity contribution in [2.75, 3.05) is 13.1 Å². The molecule has 1 fully saturated rings. The number of ether oxygens (including phenoxy) is 1. The summed E-state index contributed by atoms with van der Waals surface area (Å²) in [5.74, 6) is -0.189. The summed E-state index contributed by atoms with van der Waals surface area (Å²) in [4.78, 5) is 24.8. The molecule has 1 aliphatic heterocycles. The molecule has 2 amide bonds. The number of nitrogens with one attached hydrogen (secondary N) is 1. The smallest absolute Gasteiger partial charge is 0.410 e. The first-order valence-electron chi connectivity index (χ1n) is 6.23. The highest BCUT2D eigenvalue weighted by Gasteiger charge is 2.30. The van der Waals surface area contributed by atoms with Gasteiger partial charge in [-0.2, -0.15) is 0 Å². The van der Waals surface area contributed by atoms with Crippen LogP contribution in [0.25, 0.3) is 0 Å². The van der Waals surface area contributed by atoms with Gasteiger partial charge in [-0.25, -0.2) is 4.79 Å². The van der Waals surface area contributed by atoms with Gasteiger partial charge in [-0.15, -0.1) is 0 Å². The third-order valence-electron chi connectivity index (χ3n) is 2.60. The van der Waals surface area contributed by atoms with Crippen molar-refractivity contribution in [1.29, 1.82) is 0 Å². The average molecular weight is 257 g/mol. The number of carbonyl (C=O) groups is 2. The Hall–Kier alpha value is -1.30. The van der Waals surface area contributed by atoms with Crippen molar-refractivity contribution in [1.82, 2.24) is 10.2 Å². The fraction of sp³-hybridized carbons (Fsp3) is 0.833. The van der Waals surface area contributed by atoms with E-state index in [0.717, 1.165) is 6.42 Å². The molecular weight excluding hydrogens is 234 g/mol. The number of hydrogen-bond donors (Lipinski definition) is 2. The number of likely N-dealkylation sites (tertiary alicyclic amines) is 1. The molecule has 3 N–H and O–H groups in total. The molecule has 0 aliphatic carbocycles. The number of carbonyl (C=O) groups excluding carboxylic acids is 2. The zero-order valence-electron chi connectivity index (χ0n) is 11.5. The molecule has 18 heavy (non-hydrogen) atoms. The molecule has 0 bridgehead atoms. The molecular formula is C12H23N3O3. The summed E-state index contributed by atoms with van der Waals surface area (Å²) in [6.07, 6.45) is 0.401. The normalized spacial score (nSPS) is 21.6. The fourth-order valence-corrected chi connectivity index (χ4v) is 1.70. The Bertz CT molecular complexity index is 323. The third kappa shape index (κ3) is 4.52. The number of nitrogens with zero attached hydrogens (tertiary/aromatic N) is 1. The van der Waals surface area contributed by atoms with Crippen LogP contribution >= 0.6 is 0 Å². The van der Waals surface area contributed by atoms with Crippen LogP contribution in [-0.2, 0) is 9.53 Å². The molecule has 6 nitrogen and oxygen atoms in total. The van der Waals surface area contributed by atoms with Crippen LogP contribution in [0, 0.1) is 0 Å². The van der Waals surface area contributed by atoms with E-state index < -0.39 is 11.6 Å². The summed E-state index contributed by atoms with van der Waals surface area (Å²) in [6.45, 7) is 8.20. The van der Waals surface area contributed by atoms with Crippen molar-refractivity contribution in [3.05, 3.63) is 0 Å². The maximum Gasteiger partial charge on any atom is 0.410 e. The predicted octanol–water partition coefficient (Wildman–Crippen LogP) is 0.459. The lowest BCUT2D eigenvalue weighted by Crippen LogP contribution is -2.45. The lowest BCUT2D eigenvalue weighted by atomic mass is 10.2. The summed E-state index contributed by atoms with van der Waals surface area (Å²) in [5.41, 5.74) is 4.98. The second kappa shape index (κ2) is 5.56. The molecule has 1 aliphatic rings. The van der Waals surface area contributed by atoms with Crippen molar-refractivity contribution >= 4 is 12.0 Å². The van der Waals surface area contributed by atoms with Crippen LogP contribution in [0.3, 0.4) is 0 Å². The molecule has 0 radical (unpaired) electrons. The summed E-state index contributed by atoms with van der Waals surface area (Å²) in [7, 11) is 0. The summed E-state index contributed by atoms with van der Waals surface area (Å²) in [6, 6.07) is -0.559. The molecule has 0 aromatic heterocycles. The molecule has 1 rings (SSSR count). The molecule has 2 atom stereocenters. The summed E-state index contributed by atoms with van der Waals surface area (Å²) >= 11 is 0. The van der Waals surface area contributed by atoms with Crippen molar-refractivity contribution in [3.8, 4) is 0 Å². The van der Waals surface area contributed by atoms with E-state index in [9.17, 15) is 9.59 Å². The minimum Gasteiger partial charge on any atom is -0.444 e. The minimum atomic E-state index is -0.527. The lowest BCUT2D eigenvalue weighted by Gasteiger charge is -2.24. The molecule has 104 valence electrons. The third-order valence-corrected chi connectivity index (χ3v) is 2.60. The molecule has 0 aromatic rings. The second-order valence-electron chi connectivity index (χ2n) is 5.71. The quantitative estimate of drug-likeness (QED) is 0.752. The van der Waals surface area contributed by atoms with Crippen molar-refractivity contribution in [2.24, 2.45) is 5.73 Å².